The minimum atomic E-state index is -3.73. The summed E-state index contributed by atoms with van der Waals surface area (Å²) in [6.45, 7) is 2.91. The van der Waals surface area contributed by atoms with Crippen molar-refractivity contribution in [2.75, 3.05) is 13.1 Å². The van der Waals surface area contributed by atoms with Crippen molar-refractivity contribution in [1.82, 2.24) is 9.62 Å². The molecule has 0 saturated carbocycles. The summed E-state index contributed by atoms with van der Waals surface area (Å²) in [5.74, 6) is -1.02. The highest BCUT2D eigenvalue weighted by atomic mass is 32.2. The van der Waals surface area contributed by atoms with Gasteiger partial charge in [0.15, 0.2) is 0 Å². The number of benzene rings is 2. The van der Waals surface area contributed by atoms with Crippen LogP contribution in [0.15, 0.2) is 53.4 Å². The van der Waals surface area contributed by atoms with E-state index in [2.05, 4.69) is 5.32 Å². The van der Waals surface area contributed by atoms with E-state index in [1.54, 1.807) is 0 Å². The summed E-state index contributed by atoms with van der Waals surface area (Å²) < 4.78 is 39.9. The lowest BCUT2D eigenvalue weighted by Gasteiger charge is -2.31. The molecule has 7 heteroatoms. The molecule has 27 heavy (non-hydrogen) atoms. The van der Waals surface area contributed by atoms with Gasteiger partial charge in [0.1, 0.15) is 5.82 Å². The Labute approximate surface area is 159 Å². The monoisotopic (exact) mass is 390 g/mol. The molecule has 144 valence electrons. The molecule has 1 aliphatic rings. The van der Waals surface area contributed by atoms with Crippen LogP contribution in [-0.2, 0) is 21.4 Å². The van der Waals surface area contributed by atoms with Crippen LogP contribution in [0.4, 0.5) is 4.39 Å². The van der Waals surface area contributed by atoms with Gasteiger partial charge in [-0.2, -0.15) is 4.31 Å². The first-order valence-corrected chi connectivity index (χ1v) is 10.4. The molecule has 2 aromatic carbocycles. The second-order valence-corrected chi connectivity index (χ2v) is 8.80. The second kappa shape index (κ2) is 8.19. The molecule has 1 heterocycles. The van der Waals surface area contributed by atoms with Crippen LogP contribution in [0.5, 0.6) is 0 Å². The lowest BCUT2D eigenvalue weighted by Crippen LogP contribution is -2.45. The summed E-state index contributed by atoms with van der Waals surface area (Å²) in [5, 5.41) is 2.91. The summed E-state index contributed by atoms with van der Waals surface area (Å²) in [6, 6.07) is 12.6. The summed E-state index contributed by atoms with van der Waals surface area (Å²) in [6.07, 6.45) is 1.26. The molecule has 2 aromatic rings. The number of hydrogen-bond donors (Lipinski definition) is 1. The topological polar surface area (TPSA) is 66.5 Å². The van der Waals surface area contributed by atoms with Crippen molar-refractivity contribution in [2.24, 2.45) is 5.92 Å². The zero-order chi connectivity index (χ0) is 19.4. The van der Waals surface area contributed by atoms with Crippen molar-refractivity contribution in [3.63, 3.8) is 0 Å². The second-order valence-electron chi connectivity index (χ2n) is 6.86. The average molecular weight is 390 g/mol. The van der Waals surface area contributed by atoms with Crippen LogP contribution in [0.1, 0.15) is 24.0 Å². The predicted molar refractivity (Wildman–Crippen MR) is 101 cm³/mol. The highest BCUT2D eigenvalue weighted by Crippen LogP contribution is 2.24. The van der Waals surface area contributed by atoms with Crippen molar-refractivity contribution >= 4 is 15.9 Å². The van der Waals surface area contributed by atoms with Crippen LogP contribution >= 0.6 is 0 Å². The Kier molecular flexibility index (Phi) is 5.92. The number of halogens is 1. The Hall–Kier alpha value is -2.25. The van der Waals surface area contributed by atoms with Gasteiger partial charge in [0.2, 0.25) is 15.9 Å². The van der Waals surface area contributed by atoms with Crippen molar-refractivity contribution in [3.05, 3.63) is 65.5 Å². The van der Waals surface area contributed by atoms with Crippen molar-refractivity contribution in [3.8, 4) is 0 Å². The van der Waals surface area contributed by atoms with Crippen LogP contribution in [0.25, 0.3) is 0 Å². The lowest BCUT2D eigenvalue weighted by atomic mass is 9.98. The standard InChI is InChI=1S/C20H23FN2O3S/c1-15-4-2-5-16(12-15)13-22-20(24)17-6-3-11-23(14-17)27(25,26)19-9-7-18(21)8-10-19/h2,4-5,7-10,12,17H,3,6,11,13-14H2,1H3,(H,22,24)/t17-/m0/s1. The Morgan fingerprint density at radius 1 is 1.22 bits per heavy atom. The molecular formula is C20H23FN2O3S. The van der Waals surface area contributed by atoms with E-state index in [4.69, 9.17) is 0 Å². The van der Waals surface area contributed by atoms with E-state index in [9.17, 15) is 17.6 Å². The molecule has 0 unspecified atom stereocenters. The van der Waals surface area contributed by atoms with Gasteiger partial charge in [-0.05, 0) is 49.6 Å². The quantitative estimate of drug-likeness (QED) is 0.854. The van der Waals surface area contributed by atoms with Crippen molar-refractivity contribution < 1.29 is 17.6 Å². The maximum atomic E-state index is 13.1. The number of amides is 1. The molecule has 3 rings (SSSR count). The molecule has 0 aliphatic carbocycles. The fraction of sp³-hybridized carbons (Fsp3) is 0.350. The van der Waals surface area contributed by atoms with E-state index in [1.165, 1.54) is 16.4 Å². The smallest absolute Gasteiger partial charge is 0.243 e. The van der Waals surface area contributed by atoms with E-state index >= 15 is 0 Å². The van der Waals surface area contributed by atoms with Gasteiger partial charge in [-0.15, -0.1) is 0 Å². The predicted octanol–water partition coefficient (Wildman–Crippen LogP) is 2.85. The number of aryl methyl sites for hydroxylation is 1. The molecule has 0 spiro atoms. The first-order chi connectivity index (χ1) is 12.9. The first-order valence-electron chi connectivity index (χ1n) is 8.95. The summed E-state index contributed by atoms with van der Waals surface area (Å²) >= 11 is 0. The van der Waals surface area contributed by atoms with E-state index < -0.39 is 21.8 Å². The number of carbonyl (C=O) groups is 1. The van der Waals surface area contributed by atoms with E-state index in [1.807, 2.05) is 31.2 Å². The number of rotatable bonds is 5. The van der Waals surface area contributed by atoms with Gasteiger partial charge in [0, 0.05) is 19.6 Å². The van der Waals surface area contributed by atoms with Crippen LogP contribution < -0.4 is 5.32 Å². The maximum Gasteiger partial charge on any atom is 0.243 e. The maximum absolute atomic E-state index is 13.1. The average Bonchev–Trinajstić information content (AvgIpc) is 2.66. The fourth-order valence-corrected chi connectivity index (χ4v) is 4.81. The van der Waals surface area contributed by atoms with E-state index in [0.717, 1.165) is 23.3 Å². The molecule has 1 N–H and O–H groups in total. The third-order valence-electron chi connectivity index (χ3n) is 4.76. The van der Waals surface area contributed by atoms with Crippen LogP contribution in [0.2, 0.25) is 0 Å². The highest BCUT2D eigenvalue weighted by Gasteiger charge is 2.33. The first kappa shape index (κ1) is 19.5. The number of nitrogens with zero attached hydrogens (tertiary/aromatic N) is 1. The number of hydrogen-bond acceptors (Lipinski definition) is 3. The number of sulfonamides is 1. The van der Waals surface area contributed by atoms with Crippen molar-refractivity contribution in [2.45, 2.75) is 31.2 Å². The Morgan fingerprint density at radius 3 is 2.67 bits per heavy atom. The van der Waals surface area contributed by atoms with Crippen LogP contribution in [0, 0.1) is 18.7 Å². The molecule has 1 fully saturated rings. The minimum absolute atomic E-state index is 0.0460. The molecule has 0 bridgehead atoms. The molecule has 0 radical (unpaired) electrons. The molecular weight excluding hydrogens is 367 g/mol. The third-order valence-corrected chi connectivity index (χ3v) is 6.63. The zero-order valence-electron chi connectivity index (χ0n) is 15.2. The SMILES string of the molecule is Cc1cccc(CNC(=O)[C@H]2CCCN(S(=O)(=O)c3ccc(F)cc3)C2)c1. The van der Waals surface area contributed by atoms with Crippen LogP contribution in [-0.4, -0.2) is 31.7 Å². The Bertz CT molecular complexity index is 913. The number of nitrogens with one attached hydrogen (secondary N) is 1. The van der Waals surface area contributed by atoms with Gasteiger partial charge in [0.25, 0.3) is 0 Å². The van der Waals surface area contributed by atoms with Gasteiger partial charge in [0.05, 0.1) is 10.8 Å². The molecule has 5 nitrogen and oxygen atoms in total. The van der Waals surface area contributed by atoms with Gasteiger partial charge in [-0.1, -0.05) is 29.8 Å². The van der Waals surface area contributed by atoms with E-state index in [0.29, 0.717) is 25.9 Å². The lowest BCUT2D eigenvalue weighted by molar-refractivity contribution is -0.126. The molecule has 1 amide bonds. The highest BCUT2D eigenvalue weighted by molar-refractivity contribution is 7.89. The van der Waals surface area contributed by atoms with Crippen LogP contribution in [0.3, 0.4) is 0 Å². The molecule has 1 saturated heterocycles. The zero-order valence-corrected chi connectivity index (χ0v) is 16.0. The van der Waals surface area contributed by atoms with Gasteiger partial charge >= 0.3 is 0 Å². The van der Waals surface area contributed by atoms with Gasteiger partial charge in [-0.25, -0.2) is 12.8 Å². The largest absolute Gasteiger partial charge is 0.352 e. The van der Waals surface area contributed by atoms with Gasteiger partial charge < -0.3 is 5.32 Å². The van der Waals surface area contributed by atoms with Crippen molar-refractivity contribution in [1.29, 1.82) is 0 Å². The number of carbonyl (C=O) groups excluding carboxylic acids is 1. The number of piperidine rings is 1. The minimum Gasteiger partial charge on any atom is -0.352 e. The van der Waals surface area contributed by atoms with Gasteiger partial charge in [-0.3, -0.25) is 4.79 Å². The summed E-state index contributed by atoms with van der Waals surface area (Å²) in [4.78, 5) is 12.6. The normalized spacial score (nSPS) is 18.2. The summed E-state index contributed by atoms with van der Waals surface area (Å²) in [7, 11) is -3.73. The fourth-order valence-electron chi connectivity index (χ4n) is 3.29. The van der Waals surface area contributed by atoms with E-state index in [-0.39, 0.29) is 17.3 Å². The molecule has 1 aliphatic heterocycles. The summed E-state index contributed by atoms with van der Waals surface area (Å²) in [5.41, 5.74) is 2.13. The molecule has 1 atom stereocenters. The Morgan fingerprint density at radius 2 is 1.96 bits per heavy atom. The third kappa shape index (κ3) is 4.73. The molecule has 0 aromatic heterocycles. The Balaban J connectivity index is 1.64.